The number of carbonyl (C=O) groups is 1. The second kappa shape index (κ2) is 4.75. The highest BCUT2D eigenvalue weighted by Crippen LogP contribution is 2.79. The Kier molecular flexibility index (Phi) is 3.15. The van der Waals surface area contributed by atoms with Crippen molar-refractivity contribution in [2.45, 2.75) is 22.0 Å². The van der Waals surface area contributed by atoms with Gasteiger partial charge in [0.1, 0.15) is 9.05 Å². The molecule has 1 saturated carbocycles. The highest BCUT2D eigenvalue weighted by molar-refractivity contribution is 9.25. The van der Waals surface area contributed by atoms with Crippen LogP contribution < -0.4 is 0 Å². The van der Waals surface area contributed by atoms with Crippen molar-refractivity contribution in [3.05, 3.63) is 71.0 Å². The summed E-state index contributed by atoms with van der Waals surface area (Å²) in [7, 11) is 0. The third-order valence-electron chi connectivity index (χ3n) is 5.03. The highest BCUT2D eigenvalue weighted by Gasteiger charge is 2.78. The summed E-state index contributed by atoms with van der Waals surface area (Å²) in [5, 5.41) is 0. The first-order valence-corrected chi connectivity index (χ1v) is 8.83. The Morgan fingerprint density at radius 2 is 1.73 bits per heavy atom. The molecule has 112 valence electrons. The first-order valence-electron chi connectivity index (χ1n) is 7.24. The number of hydrogen-bond acceptors (Lipinski definition) is 1. The van der Waals surface area contributed by atoms with E-state index in [9.17, 15) is 9.18 Å². The Balaban J connectivity index is 1.79. The second-order valence-corrected chi connectivity index (χ2v) is 9.63. The molecule has 0 saturated heterocycles. The minimum atomic E-state index is -0.487. The van der Waals surface area contributed by atoms with E-state index >= 15 is 0 Å². The fraction of sp³-hybridized carbons (Fsp3) is 0.278. The summed E-state index contributed by atoms with van der Waals surface area (Å²) in [6, 6.07) is 14.3. The van der Waals surface area contributed by atoms with E-state index in [0.29, 0.717) is 0 Å². The lowest BCUT2D eigenvalue weighted by Crippen LogP contribution is -2.28. The van der Waals surface area contributed by atoms with E-state index in [0.717, 1.165) is 29.5 Å². The van der Waals surface area contributed by atoms with Crippen LogP contribution in [-0.2, 0) is 6.42 Å². The van der Waals surface area contributed by atoms with Crippen LogP contribution in [0.4, 0.5) is 4.39 Å². The Hall–Kier alpha value is -1.00. The normalized spacial score (nSPS) is 28.5. The molecular weight excluding hydrogens is 411 g/mol. The fourth-order valence-corrected chi connectivity index (χ4v) is 6.14. The molecule has 0 aliphatic heterocycles. The molecule has 0 radical (unpaired) electrons. The van der Waals surface area contributed by atoms with Crippen LogP contribution in [0, 0.1) is 11.2 Å². The van der Waals surface area contributed by atoms with E-state index in [1.165, 1.54) is 12.1 Å². The predicted molar refractivity (Wildman–Crippen MR) is 91.3 cm³/mol. The maximum absolute atomic E-state index is 13.2. The molecule has 2 aromatic rings. The van der Waals surface area contributed by atoms with Crippen LogP contribution in [0.15, 0.2) is 48.5 Å². The lowest BCUT2D eigenvalue weighted by Gasteiger charge is -2.25. The molecule has 4 heteroatoms. The minimum absolute atomic E-state index is 0.0152. The molecular formula is C18H13Br2FO. The van der Waals surface area contributed by atoms with E-state index in [1.807, 2.05) is 24.3 Å². The van der Waals surface area contributed by atoms with Gasteiger partial charge in [0.05, 0.1) is 5.41 Å². The fourth-order valence-electron chi connectivity index (χ4n) is 3.84. The van der Waals surface area contributed by atoms with Crippen molar-refractivity contribution < 1.29 is 9.18 Å². The number of halogens is 3. The lowest BCUT2D eigenvalue weighted by molar-refractivity contribution is 0.0875. The first kappa shape index (κ1) is 14.6. The number of ketones is 1. The van der Waals surface area contributed by atoms with Gasteiger partial charge >= 0.3 is 0 Å². The maximum Gasteiger partial charge on any atom is 0.172 e. The topological polar surface area (TPSA) is 17.1 Å². The van der Waals surface area contributed by atoms with Gasteiger partial charge in [0.15, 0.2) is 5.78 Å². The quantitative estimate of drug-likeness (QED) is 0.574. The van der Waals surface area contributed by atoms with Crippen LogP contribution in [0.2, 0.25) is 0 Å². The first-order chi connectivity index (χ1) is 10.5. The molecule has 0 bridgehead atoms. The SMILES string of the molecule is O=C1c2ccccc2CC[C@]12[C@@H](c1ccc(F)cc1)C2(Br)Br. The molecule has 0 heterocycles. The summed E-state index contributed by atoms with van der Waals surface area (Å²) in [5.74, 6) is -0.0626. The van der Waals surface area contributed by atoms with E-state index in [4.69, 9.17) is 0 Å². The van der Waals surface area contributed by atoms with Crippen LogP contribution in [0.5, 0.6) is 0 Å². The molecule has 2 aliphatic carbocycles. The summed E-state index contributed by atoms with van der Waals surface area (Å²) in [6.07, 6.45) is 1.68. The summed E-state index contributed by atoms with van der Waals surface area (Å²) in [4.78, 5) is 13.1. The number of benzene rings is 2. The lowest BCUT2D eigenvalue weighted by atomic mass is 9.78. The number of aryl methyl sites for hydroxylation is 1. The average molecular weight is 424 g/mol. The van der Waals surface area contributed by atoms with Gasteiger partial charge in [-0.1, -0.05) is 68.3 Å². The molecule has 22 heavy (non-hydrogen) atoms. The standard InChI is InChI=1S/C18H13Br2FO/c19-18(20)15(12-5-7-13(21)8-6-12)17(18)10-9-11-3-1-2-4-14(11)16(17)22/h1-8,15H,9-10H2/t15-,17+/m1/s1. The van der Waals surface area contributed by atoms with E-state index in [2.05, 4.69) is 31.9 Å². The zero-order valence-corrected chi connectivity index (χ0v) is 14.8. The van der Waals surface area contributed by atoms with Crippen LogP contribution >= 0.6 is 31.9 Å². The minimum Gasteiger partial charge on any atom is -0.293 e. The van der Waals surface area contributed by atoms with E-state index < -0.39 is 8.65 Å². The monoisotopic (exact) mass is 422 g/mol. The molecule has 4 rings (SSSR count). The molecule has 0 unspecified atom stereocenters. The summed E-state index contributed by atoms with van der Waals surface area (Å²) in [6.45, 7) is 0. The van der Waals surface area contributed by atoms with Crippen molar-refractivity contribution >= 4 is 37.6 Å². The van der Waals surface area contributed by atoms with Crippen molar-refractivity contribution in [3.63, 3.8) is 0 Å². The summed E-state index contributed by atoms with van der Waals surface area (Å²) in [5.41, 5.74) is 2.45. The van der Waals surface area contributed by atoms with Gasteiger partial charge in [-0.05, 0) is 36.1 Å². The van der Waals surface area contributed by atoms with Crippen molar-refractivity contribution in [1.29, 1.82) is 0 Å². The number of alkyl halides is 2. The van der Waals surface area contributed by atoms with Crippen LogP contribution in [0.3, 0.4) is 0 Å². The van der Waals surface area contributed by atoms with Crippen LogP contribution in [-0.4, -0.2) is 9.02 Å². The Bertz CT molecular complexity index is 769. The smallest absolute Gasteiger partial charge is 0.172 e. The summed E-state index contributed by atoms with van der Waals surface area (Å²) < 4.78 is 12.7. The Morgan fingerprint density at radius 3 is 2.45 bits per heavy atom. The third kappa shape index (κ3) is 1.77. The Labute approximate surface area is 145 Å². The molecule has 0 aromatic heterocycles. The van der Waals surface area contributed by atoms with Crippen LogP contribution in [0.25, 0.3) is 0 Å². The largest absolute Gasteiger partial charge is 0.293 e. The average Bonchev–Trinajstić information content (AvgIpc) is 3.01. The van der Waals surface area contributed by atoms with E-state index in [1.54, 1.807) is 12.1 Å². The number of carbonyl (C=O) groups excluding carboxylic acids is 1. The number of rotatable bonds is 1. The third-order valence-corrected chi connectivity index (χ3v) is 7.36. The van der Waals surface area contributed by atoms with Crippen molar-refractivity contribution in [2.24, 2.45) is 5.41 Å². The number of Topliss-reactive ketones (excluding diaryl/α,β-unsaturated/α-hetero) is 1. The van der Waals surface area contributed by atoms with Gasteiger partial charge in [-0.2, -0.15) is 0 Å². The predicted octanol–water partition coefficient (Wildman–Crippen LogP) is 5.22. The van der Waals surface area contributed by atoms with Gasteiger partial charge in [-0.3, -0.25) is 4.79 Å². The molecule has 1 nitrogen and oxygen atoms in total. The van der Waals surface area contributed by atoms with Crippen molar-refractivity contribution in [1.82, 2.24) is 0 Å². The van der Waals surface area contributed by atoms with Gasteiger partial charge in [0.2, 0.25) is 0 Å². The van der Waals surface area contributed by atoms with E-state index in [-0.39, 0.29) is 17.5 Å². The zero-order valence-electron chi connectivity index (χ0n) is 11.7. The van der Waals surface area contributed by atoms with Gasteiger partial charge < -0.3 is 0 Å². The van der Waals surface area contributed by atoms with Crippen LogP contribution in [0.1, 0.15) is 33.8 Å². The molecule has 2 aromatic carbocycles. The molecule has 2 atom stereocenters. The highest BCUT2D eigenvalue weighted by atomic mass is 79.9. The Morgan fingerprint density at radius 1 is 1.05 bits per heavy atom. The molecule has 0 N–H and O–H groups in total. The maximum atomic E-state index is 13.2. The van der Waals surface area contributed by atoms with Gasteiger partial charge in [0.25, 0.3) is 0 Å². The molecule has 1 spiro atoms. The summed E-state index contributed by atoms with van der Waals surface area (Å²) >= 11 is 7.44. The second-order valence-electron chi connectivity index (χ2n) is 6.07. The molecule has 2 aliphatic rings. The van der Waals surface area contributed by atoms with Crippen molar-refractivity contribution in [2.75, 3.05) is 0 Å². The molecule has 1 fully saturated rings. The van der Waals surface area contributed by atoms with Gasteiger partial charge in [-0.15, -0.1) is 0 Å². The van der Waals surface area contributed by atoms with Gasteiger partial charge in [0, 0.05) is 11.5 Å². The number of hydrogen-bond donors (Lipinski definition) is 0. The number of fused-ring (bicyclic) bond motifs is 1. The van der Waals surface area contributed by atoms with Gasteiger partial charge in [-0.25, -0.2) is 4.39 Å². The zero-order chi connectivity index (χ0) is 15.5. The molecule has 0 amide bonds. The van der Waals surface area contributed by atoms with Crippen molar-refractivity contribution in [3.8, 4) is 0 Å².